The van der Waals surface area contributed by atoms with E-state index in [2.05, 4.69) is 22.1 Å². The van der Waals surface area contributed by atoms with Gasteiger partial charge in [-0.3, -0.25) is 23.9 Å². The van der Waals surface area contributed by atoms with Gasteiger partial charge in [-0.2, -0.15) is 0 Å². The fraction of sp³-hybridized carbons (Fsp3) is 0.484. The average Bonchev–Trinajstić information content (AvgIpc) is 3.52. The first-order valence-corrected chi connectivity index (χ1v) is 17.6. The molecular formula is C31H38N5O6PS. The zero-order chi connectivity index (χ0) is 31.3. The zero-order valence-corrected chi connectivity index (χ0v) is 26.8. The second-order valence-corrected chi connectivity index (χ2v) is 15.4. The minimum atomic E-state index is -4.22. The number of anilines is 1. The minimum Gasteiger partial charge on any atom is -0.377 e. The Balaban J connectivity index is 1.15. The van der Waals surface area contributed by atoms with Gasteiger partial charge in [0.25, 0.3) is 5.91 Å². The largest absolute Gasteiger partial charge is 0.377 e. The first-order valence-electron chi connectivity index (χ1n) is 15.0. The Kier molecular flexibility index (Phi) is 8.30. The van der Waals surface area contributed by atoms with Crippen molar-refractivity contribution in [3.8, 4) is 0 Å². The smallest absolute Gasteiger partial charge is 0.329 e. The molecular weight excluding hydrogens is 601 g/mol. The summed E-state index contributed by atoms with van der Waals surface area (Å²) < 4.78 is 12.2. The predicted molar refractivity (Wildman–Crippen MR) is 169 cm³/mol. The van der Waals surface area contributed by atoms with Gasteiger partial charge in [0.15, 0.2) is 0 Å². The SMILES string of the molecule is C[C@@H]1C[C@H]2CC[C@@H](C(=O)N3CC(c4cnccc4N(C)C)C3)N2C(=O)[C@@H](NC(=O)c2cc3cc(CP(=O)(O)O)ccc3s2)C1. The maximum Gasteiger partial charge on any atom is 0.329 e. The quantitative estimate of drug-likeness (QED) is 0.333. The molecule has 6 rings (SSSR count). The molecule has 3 fully saturated rings. The van der Waals surface area contributed by atoms with Gasteiger partial charge in [0.1, 0.15) is 12.1 Å². The van der Waals surface area contributed by atoms with Gasteiger partial charge in [0.2, 0.25) is 11.8 Å². The molecule has 0 unspecified atom stereocenters. The van der Waals surface area contributed by atoms with Crippen molar-refractivity contribution in [2.75, 3.05) is 32.1 Å². The van der Waals surface area contributed by atoms with E-state index in [0.29, 0.717) is 41.8 Å². The highest BCUT2D eigenvalue weighted by Gasteiger charge is 2.48. The molecule has 234 valence electrons. The van der Waals surface area contributed by atoms with Gasteiger partial charge in [-0.15, -0.1) is 11.3 Å². The lowest BCUT2D eigenvalue weighted by molar-refractivity contribution is -0.148. The van der Waals surface area contributed by atoms with Crippen molar-refractivity contribution in [1.82, 2.24) is 20.1 Å². The number of pyridine rings is 1. The van der Waals surface area contributed by atoms with E-state index in [9.17, 15) is 28.7 Å². The molecule has 3 aromatic rings. The maximum atomic E-state index is 14.0. The topological polar surface area (TPSA) is 143 Å². The number of nitrogens with zero attached hydrogens (tertiary/aromatic N) is 4. The Morgan fingerprint density at radius 3 is 2.64 bits per heavy atom. The van der Waals surface area contributed by atoms with Crippen LogP contribution in [0.2, 0.25) is 0 Å². The molecule has 11 nitrogen and oxygen atoms in total. The van der Waals surface area contributed by atoms with Crippen molar-refractivity contribution in [3.05, 3.63) is 58.7 Å². The lowest BCUT2D eigenvalue weighted by Crippen LogP contribution is -2.58. The maximum absolute atomic E-state index is 14.0. The summed E-state index contributed by atoms with van der Waals surface area (Å²) in [5.41, 5.74) is 2.70. The van der Waals surface area contributed by atoms with Crippen molar-refractivity contribution in [1.29, 1.82) is 0 Å². The fourth-order valence-corrected chi connectivity index (χ4v) is 8.63. The summed E-state index contributed by atoms with van der Waals surface area (Å²) in [6, 6.07) is 7.46. The van der Waals surface area contributed by atoms with E-state index in [1.54, 1.807) is 35.4 Å². The van der Waals surface area contributed by atoms with Gasteiger partial charge in [0, 0.05) is 67.5 Å². The van der Waals surface area contributed by atoms with Crippen LogP contribution in [0.3, 0.4) is 0 Å². The Morgan fingerprint density at radius 1 is 1.14 bits per heavy atom. The number of amides is 3. The van der Waals surface area contributed by atoms with Crippen LogP contribution in [0.15, 0.2) is 42.7 Å². The standard InChI is InChI=1S/C31H38N5O6PS/c1-18-10-22-5-6-26(31(39)35-15-21(16-35)23-14-32-9-8-25(23)34(2)3)36(22)30(38)24(11-18)33-29(37)28-13-20-12-19(17-43(40,41)42)4-7-27(20)44-28/h4,7-9,12-14,18,21-22,24,26H,5-6,10-11,15-17H2,1-3H3,(H,33,37)(H2,40,41,42)/t18-,22-,24+,26+/m1/s1. The van der Waals surface area contributed by atoms with E-state index in [4.69, 9.17) is 0 Å². The van der Waals surface area contributed by atoms with Crippen LogP contribution in [0.1, 0.15) is 59.3 Å². The highest BCUT2D eigenvalue weighted by Crippen LogP contribution is 2.41. The third-order valence-electron chi connectivity index (χ3n) is 9.09. The number of fused-ring (bicyclic) bond motifs is 2. The number of carbonyl (C=O) groups is 3. The molecule has 3 aliphatic heterocycles. The van der Waals surface area contributed by atoms with E-state index in [1.165, 1.54) is 11.3 Å². The molecule has 13 heteroatoms. The molecule has 0 saturated carbocycles. The predicted octanol–water partition coefficient (Wildman–Crippen LogP) is 3.55. The molecule has 1 aromatic carbocycles. The Bertz CT molecular complexity index is 1650. The molecule has 4 atom stereocenters. The highest BCUT2D eigenvalue weighted by molar-refractivity contribution is 7.50. The number of hydrogen-bond acceptors (Lipinski definition) is 7. The number of likely N-dealkylation sites (tertiary alicyclic amines) is 1. The number of rotatable bonds is 7. The van der Waals surface area contributed by atoms with E-state index in [1.807, 2.05) is 31.3 Å². The second kappa shape index (κ2) is 11.9. The average molecular weight is 640 g/mol. The van der Waals surface area contributed by atoms with E-state index >= 15 is 0 Å². The molecule has 0 bridgehead atoms. The first kappa shape index (κ1) is 30.7. The van der Waals surface area contributed by atoms with E-state index in [-0.39, 0.29) is 41.8 Å². The van der Waals surface area contributed by atoms with Gasteiger partial charge in [-0.25, -0.2) is 0 Å². The van der Waals surface area contributed by atoms with Crippen molar-refractivity contribution in [3.63, 3.8) is 0 Å². The van der Waals surface area contributed by atoms with E-state index in [0.717, 1.165) is 28.8 Å². The first-order chi connectivity index (χ1) is 20.9. The molecule has 0 spiro atoms. The van der Waals surface area contributed by atoms with Crippen LogP contribution in [0.5, 0.6) is 0 Å². The number of carbonyl (C=O) groups excluding carboxylic acids is 3. The van der Waals surface area contributed by atoms with Crippen LogP contribution in [-0.4, -0.2) is 87.6 Å². The highest BCUT2D eigenvalue weighted by atomic mass is 32.1. The number of aromatic nitrogens is 1. The number of thiophene rings is 1. The molecule has 44 heavy (non-hydrogen) atoms. The monoisotopic (exact) mass is 639 g/mol. The van der Waals surface area contributed by atoms with Crippen molar-refractivity contribution in [2.45, 2.75) is 62.8 Å². The van der Waals surface area contributed by atoms with Crippen LogP contribution in [-0.2, 0) is 20.3 Å². The normalized spacial score (nSPS) is 24.2. The summed E-state index contributed by atoms with van der Waals surface area (Å²) in [5, 5.41) is 3.68. The second-order valence-electron chi connectivity index (χ2n) is 12.7. The summed E-state index contributed by atoms with van der Waals surface area (Å²) in [5.74, 6) is -0.208. The van der Waals surface area contributed by atoms with Gasteiger partial charge < -0.3 is 29.8 Å². The third kappa shape index (κ3) is 6.13. The number of benzene rings is 1. The van der Waals surface area contributed by atoms with E-state index < -0.39 is 19.7 Å². The Hall–Kier alpha value is -3.31. The van der Waals surface area contributed by atoms with Crippen LogP contribution in [0.25, 0.3) is 10.1 Å². The van der Waals surface area contributed by atoms with Gasteiger partial charge in [-0.05, 0) is 66.8 Å². The lowest BCUT2D eigenvalue weighted by Gasteiger charge is -2.43. The molecule has 3 amide bonds. The van der Waals surface area contributed by atoms with Crippen LogP contribution < -0.4 is 10.2 Å². The molecule has 2 aromatic heterocycles. The summed E-state index contributed by atoms with van der Waals surface area (Å²) in [4.78, 5) is 70.2. The van der Waals surface area contributed by atoms with Crippen molar-refractivity contribution < 1.29 is 28.7 Å². The number of nitrogens with one attached hydrogen (secondary N) is 1. The van der Waals surface area contributed by atoms with Crippen LogP contribution >= 0.6 is 18.9 Å². The summed E-state index contributed by atoms with van der Waals surface area (Å²) in [6.45, 7) is 3.27. The number of hydrogen-bond donors (Lipinski definition) is 3. The molecule has 0 aliphatic carbocycles. The third-order valence-corrected chi connectivity index (χ3v) is 11.0. The van der Waals surface area contributed by atoms with Crippen LogP contribution in [0.4, 0.5) is 5.69 Å². The van der Waals surface area contributed by atoms with Gasteiger partial charge in [-0.1, -0.05) is 13.0 Å². The van der Waals surface area contributed by atoms with Gasteiger partial charge >= 0.3 is 7.60 Å². The lowest BCUT2D eigenvalue weighted by atomic mass is 9.90. The summed E-state index contributed by atoms with van der Waals surface area (Å²) >= 11 is 1.27. The molecule has 3 aliphatic rings. The fourth-order valence-electron chi connectivity index (χ4n) is 7.01. The van der Waals surface area contributed by atoms with Crippen molar-refractivity contribution in [2.24, 2.45) is 5.92 Å². The molecule has 3 saturated heterocycles. The minimum absolute atomic E-state index is 0.0253. The molecule has 0 radical (unpaired) electrons. The van der Waals surface area contributed by atoms with Crippen molar-refractivity contribution >= 4 is 52.4 Å². The Morgan fingerprint density at radius 2 is 1.91 bits per heavy atom. The summed E-state index contributed by atoms with van der Waals surface area (Å²) in [7, 11) is -0.232. The summed E-state index contributed by atoms with van der Waals surface area (Å²) in [6.07, 6.45) is 5.95. The Labute approximate surface area is 260 Å². The van der Waals surface area contributed by atoms with Crippen LogP contribution in [0, 0.1) is 5.92 Å². The van der Waals surface area contributed by atoms with Gasteiger partial charge in [0.05, 0.1) is 11.0 Å². The zero-order valence-electron chi connectivity index (χ0n) is 25.0. The molecule has 5 heterocycles. The molecule has 3 N–H and O–H groups in total.